The molecule has 0 atom stereocenters. The molecule has 1 heterocycles. The lowest BCUT2D eigenvalue weighted by molar-refractivity contribution is 0.0727. The first-order valence-corrected chi connectivity index (χ1v) is 11.2. The van der Waals surface area contributed by atoms with Gasteiger partial charge in [0.05, 0.1) is 0 Å². The molecule has 0 unspecified atom stereocenters. The summed E-state index contributed by atoms with van der Waals surface area (Å²) in [6.07, 6.45) is 0. The standard InChI is InChI=1S/C28H30FNO3/c1-19-24(27(31)33-21-13-9-6-10-14-21)26(32-17-20-11-7-5-8-12-20)23-16-30(18-28(2,3)4)15-22(23)25(19)29/h5-14H,15-18H2,1-4H3. The van der Waals surface area contributed by atoms with E-state index in [1.165, 1.54) is 0 Å². The molecule has 0 aliphatic carbocycles. The van der Waals surface area contributed by atoms with Crippen molar-refractivity contribution in [1.29, 1.82) is 0 Å². The van der Waals surface area contributed by atoms with Crippen LogP contribution in [0.2, 0.25) is 0 Å². The zero-order chi connectivity index (χ0) is 23.6. The minimum absolute atomic E-state index is 0.0632. The van der Waals surface area contributed by atoms with E-state index in [1.807, 2.05) is 36.4 Å². The van der Waals surface area contributed by atoms with Crippen LogP contribution in [-0.2, 0) is 19.7 Å². The van der Waals surface area contributed by atoms with Gasteiger partial charge in [0.1, 0.15) is 29.5 Å². The molecule has 0 aromatic heterocycles. The molecule has 4 nitrogen and oxygen atoms in total. The van der Waals surface area contributed by atoms with Crippen LogP contribution in [0.15, 0.2) is 60.7 Å². The number of benzene rings is 3. The fraction of sp³-hybridized carbons (Fsp3) is 0.321. The monoisotopic (exact) mass is 447 g/mol. The van der Waals surface area contributed by atoms with Crippen molar-refractivity contribution in [3.63, 3.8) is 0 Å². The Morgan fingerprint density at radius 3 is 2.21 bits per heavy atom. The van der Waals surface area contributed by atoms with Gasteiger partial charge in [-0.05, 0) is 30.0 Å². The highest BCUT2D eigenvalue weighted by Crippen LogP contribution is 2.40. The summed E-state index contributed by atoms with van der Waals surface area (Å²) < 4.78 is 27.4. The molecule has 172 valence electrons. The highest BCUT2D eigenvalue weighted by molar-refractivity contribution is 5.96. The Bertz CT molecular complexity index is 1140. The Kier molecular flexibility index (Phi) is 6.52. The number of ether oxygens (including phenoxy) is 2. The highest BCUT2D eigenvalue weighted by Gasteiger charge is 2.34. The van der Waals surface area contributed by atoms with Crippen LogP contribution in [0.25, 0.3) is 0 Å². The minimum Gasteiger partial charge on any atom is -0.488 e. The number of halogens is 1. The normalized spacial score (nSPS) is 13.6. The van der Waals surface area contributed by atoms with Crippen molar-refractivity contribution in [3.05, 3.63) is 94.3 Å². The lowest BCUT2D eigenvalue weighted by Crippen LogP contribution is -2.28. The van der Waals surface area contributed by atoms with Crippen LogP contribution < -0.4 is 9.47 Å². The number of rotatable bonds is 6. The molecule has 33 heavy (non-hydrogen) atoms. The van der Waals surface area contributed by atoms with E-state index in [0.29, 0.717) is 30.2 Å². The second kappa shape index (κ2) is 9.36. The molecular weight excluding hydrogens is 417 g/mol. The number of carbonyl (C=O) groups is 1. The molecule has 0 saturated heterocycles. The molecule has 0 amide bonds. The first-order chi connectivity index (χ1) is 15.7. The molecule has 4 rings (SSSR count). The van der Waals surface area contributed by atoms with Crippen molar-refractivity contribution >= 4 is 5.97 Å². The molecule has 3 aromatic carbocycles. The summed E-state index contributed by atoms with van der Waals surface area (Å²) in [5, 5.41) is 0. The van der Waals surface area contributed by atoms with E-state index in [9.17, 15) is 4.79 Å². The zero-order valence-electron chi connectivity index (χ0n) is 19.7. The number of carbonyl (C=O) groups excluding carboxylic acids is 1. The number of hydrogen-bond donors (Lipinski definition) is 0. The predicted molar refractivity (Wildman–Crippen MR) is 127 cm³/mol. The number of hydrogen-bond acceptors (Lipinski definition) is 4. The fourth-order valence-corrected chi connectivity index (χ4v) is 4.33. The van der Waals surface area contributed by atoms with Crippen LogP contribution in [0.4, 0.5) is 4.39 Å². The minimum atomic E-state index is -0.613. The summed E-state index contributed by atoms with van der Waals surface area (Å²) in [6, 6.07) is 18.6. The molecule has 1 aliphatic heterocycles. The summed E-state index contributed by atoms with van der Waals surface area (Å²) in [4.78, 5) is 15.5. The molecule has 3 aromatic rings. The zero-order valence-corrected chi connectivity index (χ0v) is 19.7. The van der Waals surface area contributed by atoms with E-state index in [2.05, 4.69) is 25.7 Å². The van der Waals surface area contributed by atoms with E-state index < -0.39 is 5.97 Å². The van der Waals surface area contributed by atoms with Crippen molar-refractivity contribution in [2.75, 3.05) is 6.54 Å². The first kappa shape index (κ1) is 23.0. The second-order valence-corrected chi connectivity index (χ2v) is 9.78. The Hall–Kier alpha value is -3.18. The van der Waals surface area contributed by atoms with Gasteiger partial charge in [0.25, 0.3) is 0 Å². The SMILES string of the molecule is Cc1c(F)c2c(c(OCc3ccccc3)c1C(=O)Oc1ccccc1)CN(CC(C)(C)C)C2. The van der Waals surface area contributed by atoms with Crippen molar-refractivity contribution in [2.45, 2.75) is 47.4 Å². The van der Waals surface area contributed by atoms with E-state index >= 15 is 4.39 Å². The third-order valence-electron chi connectivity index (χ3n) is 5.68. The van der Waals surface area contributed by atoms with Crippen molar-refractivity contribution in [1.82, 2.24) is 4.90 Å². The van der Waals surface area contributed by atoms with Crippen LogP contribution in [0.3, 0.4) is 0 Å². The van der Waals surface area contributed by atoms with Crippen LogP contribution in [0.5, 0.6) is 11.5 Å². The largest absolute Gasteiger partial charge is 0.488 e. The third kappa shape index (κ3) is 5.25. The maximum Gasteiger partial charge on any atom is 0.347 e. The molecule has 1 aliphatic rings. The van der Waals surface area contributed by atoms with Gasteiger partial charge < -0.3 is 9.47 Å². The first-order valence-electron chi connectivity index (χ1n) is 11.2. The van der Waals surface area contributed by atoms with E-state index in [1.54, 1.807) is 31.2 Å². The van der Waals surface area contributed by atoms with Crippen LogP contribution >= 0.6 is 0 Å². The molecule has 5 heteroatoms. The third-order valence-corrected chi connectivity index (χ3v) is 5.68. The Morgan fingerprint density at radius 1 is 0.970 bits per heavy atom. The maximum absolute atomic E-state index is 15.5. The number of fused-ring (bicyclic) bond motifs is 1. The van der Waals surface area contributed by atoms with Crippen LogP contribution in [0, 0.1) is 18.2 Å². The predicted octanol–water partition coefficient (Wildman–Crippen LogP) is 6.29. The number of esters is 1. The molecular formula is C28H30FNO3. The quantitative estimate of drug-likeness (QED) is 0.329. The van der Waals surface area contributed by atoms with E-state index in [0.717, 1.165) is 17.7 Å². The van der Waals surface area contributed by atoms with Gasteiger partial charge in [0.2, 0.25) is 0 Å². The van der Waals surface area contributed by atoms with E-state index in [-0.39, 0.29) is 29.0 Å². The number of nitrogens with zero attached hydrogens (tertiary/aromatic N) is 1. The fourth-order valence-electron chi connectivity index (χ4n) is 4.33. The Morgan fingerprint density at radius 2 is 1.58 bits per heavy atom. The molecule has 0 N–H and O–H groups in total. The lowest BCUT2D eigenvalue weighted by Gasteiger charge is -2.25. The van der Waals surface area contributed by atoms with Gasteiger partial charge in [0, 0.05) is 36.3 Å². The Labute approximate surface area is 195 Å². The van der Waals surface area contributed by atoms with E-state index in [4.69, 9.17) is 9.47 Å². The highest BCUT2D eigenvalue weighted by atomic mass is 19.1. The van der Waals surface area contributed by atoms with Gasteiger partial charge in [-0.25, -0.2) is 9.18 Å². The summed E-state index contributed by atoms with van der Waals surface area (Å²) in [5.74, 6) is -0.137. The second-order valence-electron chi connectivity index (χ2n) is 9.78. The lowest BCUT2D eigenvalue weighted by atomic mass is 9.96. The smallest absolute Gasteiger partial charge is 0.347 e. The average molecular weight is 448 g/mol. The van der Waals surface area contributed by atoms with Gasteiger partial charge in [-0.15, -0.1) is 0 Å². The van der Waals surface area contributed by atoms with Gasteiger partial charge in [-0.2, -0.15) is 0 Å². The van der Waals surface area contributed by atoms with Gasteiger partial charge in [0.15, 0.2) is 0 Å². The molecule has 0 bridgehead atoms. The van der Waals surface area contributed by atoms with Crippen molar-refractivity contribution in [3.8, 4) is 11.5 Å². The summed E-state index contributed by atoms with van der Waals surface area (Å²) >= 11 is 0. The maximum atomic E-state index is 15.5. The van der Waals surface area contributed by atoms with Gasteiger partial charge in [-0.3, -0.25) is 4.90 Å². The molecule has 0 radical (unpaired) electrons. The van der Waals surface area contributed by atoms with Crippen LogP contribution in [0.1, 0.15) is 53.4 Å². The van der Waals surface area contributed by atoms with Crippen LogP contribution in [-0.4, -0.2) is 17.4 Å². The van der Waals surface area contributed by atoms with Gasteiger partial charge >= 0.3 is 5.97 Å². The van der Waals surface area contributed by atoms with Gasteiger partial charge in [-0.1, -0.05) is 69.3 Å². The molecule has 0 spiro atoms. The summed E-state index contributed by atoms with van der Waals surface area (Å²) in [6.45, 7) is 10.2. The summed E-state index contributed by atoms with van der Waals surface area (Å²) in [7, 11) is 0. The van der Waals surface area contributed by atoms with Crippen molar-refractivity contribution in [2.24, 2.45) is 5.41 Å². The topological polar surface area (TPSA) is 38.8 Å². The summed E-state index contributed by atoms with van der Waals surface area (Å²) in [5.41, 5.74) is 2.79. The Balaban J connectivity index is 1.74. The average Bonchev–Trinajstić information content (AvgIpc) is 3.18. The molecule has 0 saturated carbocycles. The molecule has 0 fully saturated rings. The number of para-hydroxylation sites is 1. The van der Waals surface area contributed by atoms with Crippen molar-refractivity contribution < 1.29 is 18.7 Å².